The van der Waals surface area contributed by atoms with Crippen molar-refractivity contribution in [2.45, 2.75) is 35.3 Å². The first kappa shape index (κ1) is 40.1. The van der Waals surface area contributed by atoms with Crippen molar-refractivity contribution in [2.24, 2.45) is 0 Å². The number of hydrogen-bond acceptors (Lipinski definition) is 22. The van der Waals surface area contributed by atoms with Crippen LogP contribution in [0.25, 0.3) is 0 Å². The van der Waals surface area contributed by atoms with Crippen LogP contribution in [0.2, 0.25) is 0 Å². The van der Waals surface area contributed by atoms with Crippen LogP contribution in [0.3, 0.4) is 0 Å². The van der Waals surface area contributed by atoms with E-state index in [0.29, 0.717) is 12.1 Å². The summed E-state index contributed by atoms with van der Waals surface area (Å²) in [4.78, 5) is 57.1. The third-order valence-electron chi connectivity index (χ3n) is 9.07. The summed E-state index contributed by atoms with van der Waals surface area (Å²) in [6.45, 7) is 0. The van der Waals surface area contributed by atoms with Gasteiger partial charge in [-0.1, -0.05) is 0 Å². The summed E-state index contributed by atoms with van der Waals surface area (Å²) < 4.78 is 5.08. The number of hydrogen-bond donors (Lipinski definition) is 17. The van der Waals surface area contributed by atoms with Crippen molar-refractivity contribution in [1.82, 2.24) is 0 Å². The molecule has 0 aliphatic carbocycles. The van der Waals surface area contributed by atoms with E-state index in [1.165, 1.54) is 0 Å². The van der Waals surface area contributed by atoms with Gasteiger partial charge in [0.1, 0.15) is 12.2 Å². The van der Waals surface area contributed by atoms with E-state index in [-0.39, 0.29) is 36.4 Å². The van der Waals surface area contributed by atoms with E-state index >= 15 is 0 Å². The molecule has 22 nitrogen and oxygen atoms in total. The summed E-state index contributed by atoms with van der Waals surface area (Å²) in [5.74, 6) is -24.7. The zero-order chi connectivity index (χ0) is 42.1. The monoisotopic (exact) mass is 788 g/mol. The fraction of sp³-hybridized carbons (Fsp3) is 0.176. The molecule has 0 amide bonds. The number of aliphatic hydroxyl groups excluding tert-OH is 2. The predicted octanol–water partition coefficient (Wildman–Crippen LogP) is -1.74. The molecule has 0 bridgehead atoms. The van der Waals surface area contributed by atoms with Crippen molar-refractivity contribution in [3.63, 3.8) is 0 Å². The maximum atomic E-state index is 14.6. The fourth-order valence-electron chi connectivity index (χ4n) is 6.14. The van der Waals surface area contributed by atoms with E-state index < -0.39 is 150 Å². The highest BCUT2D eigenvalue weighted by atomic mass is 16.7. The number of ketones is 4. The average molecular weight is 789 g/mol. The molecule has 0 spiro atoms. The molecule has 0 aromatic heterocycles. The third-order valence-corrected chi connectivity index (χ3v) is 9.07. The Kier molecular flexibility index (Phi) is 9.56. The lowest BCUT2D eigenvalue weighted by Crippen LogP contribution is -2.87. The first-order valence-corrected chi connectivity index (χ1v) is 15.2. The van der Waals surface area contributed by atoms with Crippen molar-refractivity contribution >= 4 is 23.1 Å². The molecule has 22 heteroatoms. The largest absolute Gasteiger partial charge is 0.504 e. The van der Waals surface area contributed by atoms with Gasteiger partial charge in [-0.2, -0.15) is 0 Å². The van der Waals surface area contributed by atoms with Gasteiger partial charge in [-0.25, -0.2) is 0 Å². The van der Waals surface area contributed by atoms with E-state index in [2.05, 4.69) is 0 Å². The molecule has 0 saturated carbocycles. The molecule has 1 aliphatic rings. The van der Waals surface area contributed by atoms with Crippen LogP contribution in [0.15, 0.2) is 48.5 Å². The Labute approximate surface area is 309 Å². The number of Topliss-reactive ketones (excluding diaryl/α,β-unsaturated/α-hetero) is 4. The molecule has 56 heavy (non-hydrogen) atoms. The van der Waals surface area contributed by atoms with Crippen LogP contribution in [-0.4, -0.2) is 145 Å². The molecular weight excluding hydrogens is 760 g/mol. The molecule has 1 saturated heterocycles. The van der Waals surface area contributed by atoms with Gasteiger partial charge in [-0.05, 0) is 48.5 Å². The molecule has 17 N–H and O–H groups in total. The van der Waals surface area contributed by atoms with Crippen molar-refractivity contribution < 1.29 is 111 Å². The van der Waals surface area contributed by atoms with Crippen LogP contribution >= 0.6 is 0 Å². The van der Waals surface area contributed by atoms with Gasteiger partial charge >= 0.3 is 0 Å². The number of aliphatic hydroxyl groups is 5. The Balaban J connectivity index is 1.91. The second-order valence-corrected chi connectivity index (χ2v) is 12.4. The Hall–Kier alpha value is -7.08. The SMILES string of the molecule is O=C(c1cc(O)c(O)c(O)c1)C(O)[C@H]1OC(O)[C@@](O)(C(=O)c2cc(O)c(O)c(O)c2)[C@](O)(C(=O)c2cc(O)c(O)c(O)c2)[C@@]1(O)C(=O)c1cc(O)c(O)c(O)c1. The smallest absolute Gasteiger partial charge is 0.218 e. The van der Waals surface area contributed by atoms with Crippen LogP contribution < -0.4 is 0 Å². The topological polar surface area (TPSA) is 421 Å². The van der Waals surface area contributed by atoms with Crippen LogP contribution in [0.4, 0.5) is 0 Å². The fourth-order valence-corrected chi connectivity index (χ4v) is 6.14. The number of aromatic hydroxyl groups is 12. The number of phenols is 12. The van der Waals surface area contributed by atoms with Crippen molar-refractivity contribution in [3.05, 3.63) is 70.8 Å². The molecule has 4 aromatic carbocycles. The Morgan fingerprint density at radius 2 is 0.732 bits per heavy atom. The van der Waals surface area contributed by atoms with E-state index in [1.54, 1.807) is 0 Å². The van der Waals surface area contributed by atoms with Crippen molar-refractivity contribution in [3.8, 4) is 69.0 Å². The minimum atomic E-state index is -4.92. The van der Waals surface area contributed by atoms with Crippen LogP contribution in [0.5, 0.6) is 69.0 Å². The number of ether oxygens (including phenoxy) is 1. The minimum absolute atomic E-state index is 0.196. The molecule has 0 radical (unpaired) electrons. The van der Waals surface area contributed by atoms with Gasteiger partial charge in [0, 0.05) is 22.3 Å². The highest BCUT2D eigenvalue weighted by molar-refractivity contribution is 6.19. The minimum Gasteiger partial charge on any atom is -0.504 e. The summed E-state index contributed by atoms with van der Waals surface area (Å²) in [5, 5.41) is 180. The van der Waals surface area contributed by atoms with Gasteiger partial charge in [0.05, 0.1) is 0 Å². The molecule has 6 atom stereocenters. The molecule has 5 rings (SSSR count). The quantitative estimate of drug-likeness (QED) is 0.0660. The Bertz CT molecular complexity index is 2260. The summed E-state index contributed by atoms with van der Waals surface area (Å²) in [7, 11) is 0. The number of phenolic OH excluding ortho intramolecular Hbond substituents is 12. The first-order valence-electron chi connectivity index (χ1n) is 15.2. The maximum absolute atomic E-state index is 14.6. The Morgan fingerprint density at radius 1 is 0.464 bits per heavy atom. The average Bonchev–Trinajstić information content (AvgIpc) is 3.15. The van der Waals surface area contributed by atoms with Crippen molar-refractivity contribution in [2.75, 3.05) is 0 Å². The van der Waals surface area contributed by atoms with Crippen molar-refractivity contribution in [1.29, 1.82) is 0 Å². The number of carbonyl (C=O) groups is 4. The zero-order valence-electron chi connectivity index (χ0n) is 27.5. The van der Waals surface area contributed by atoms with E-state index in [9.17, 15) is 106 Å². The van der Waals surface area contributed by atoms with E-state index in [1.807, 2.05) is 0 Å². The second kappa shape index (κ2) is 13.3. The molecule has 4 aromatic rings. The van der Waals surface area contributed by atoms with E-state index in [4.69, 9.17) is 4.74 Å². The van der Waals surface area contributed by atoms with Crippen LogP contribution in [0.1, 0.15) is 41.4 Å². The number of rotatable bonds is 9. The van der Waals surface area contributed by atoms with Gasteiger partial charge in [0.15, 0.2) is 86.7 Å². The Morgan fingerprint density at radius 3 is 1.05 bits per heavy atom. The van der Waals surface area contributed by atoms with Gasteiger partial charge in [0.25, 0.3) is 0 Å². The highest BCUT2D eigenvalue weighted by Gasteiger charge is 2.81. The highest BCUT2D eigenvalue weighted by Crippen LogP contribution is 2.52. The first-order chi connectivity index (χ1) is 25.9. The predicted molar refractivity (Wildman–Crippen MR) is 175 cm³/mol. The van der Waals surface area contributed by atoms with Crippen LogP contribution in [0, 0.1) is 0 Å². The van der Waals surface area contributed by atoms with Crippen LogP contribution in [-0.2, 0) is 4.74 Å². The van der Waals surface area contributed by atoms with Gasteiger partial charge in [-0.3, -0.25) is 19.2 Å². The number of carbonyl (C=O) groups excluding carboxylic acids is 4. The normalized spacial score (nSPS) is 23.9. The summed E-state index contributed by atoms with van der Waals surface area (Å²) >= 11 is 0. The zero-order valence-corrected chi connectivity index (χ0v) is 27.5. The molecule has 2 unspecified atom stereocenters. The third kappa shape index (κ3) is 5.60. The van der Waals surface area contributed by atoms with Gasteiger partial charge in [0.2, 0.25) is 28.6 Å². The molecular formula is C34H28O22. The van der Waals surface area contributed by atoms with Gasteiger partial charge in [-0.15, -0.1) is 0 Å². The molecule has 1 fully saturated rings. The summed E-state index contributed by atoms with van der Waals surface area (Å²) in [6.07, 6.45) is -10.2. The number of benzene rings is 4. The molecule has 1 aliphatic heterocycles. The standard InChI is InChI=1S/C34H28O22/c35-13-1-9(2-14(36)22(13)44)21(43)26(48)30-32(53,27(49)10-3-15(37)23(45)16(38)4-10)34(55,29(51)12-7-19(41)25(47)20(42)8-12)33(54,31(52)56-30)28(50)11-5-17(39)24(46)18(40)6-11/h1-8,26,30-31,35-42,44-48,52-55H/t26?,30-,31?,32-,33+,34+/m1/s1. The lowest BCUT2D eigenvalue weighted by Gasteiger charge is -2.57. The lowest BCUT2D eigenvalue weighted by molar-refractivity contribution is -0.352. The maximum Gasteiger partial charge on any atom is 0.218 e. The molecule has 1 heterocycles. The lowest BCUT2D eigenvalue weighted by atomic mass is 9.57. The molecule has 296 valence electrons. The van der Waals surface area contributed by atoms with Gasteiger partial charge < -0.3 is 91.5 Å². The van der Waals surface area contributed by atoms with E-state index in [0.717, 1.165) is 0 Å². The second-order valence-electron chi connectivity index (χ2n) is 12.4. The summed E-state index contributed by atoms with van der Waals surface area (Å²) in [6, 6.07) is 2.11. The summed E-state index contributed by atoms with van der Waals surface area (Å²) in [5.41, 5.74) is -19.2.